The third-order valence-electron chi connectivity index (χ3n) is 4.25. The molecule has 150 valence electrons. The molecule has 0 aliphatic carbocycles. The fourth-order valence-electron chi connectivity index (χ4n) is 2.78. The maximum Gasteiger partial charge on any atom is 0.337 e. The van der Waals surface area contributed by atoms with Gasteiger partial charge in [0.15, 0.2) is 11.5 Å². The van der Waals surface area contributed by atoms with Gasteiger partial charge in [-0.05, 0) is 49.4 Å². The molecule has 1 amide bonds. The Morgan fingerprint density at radius 1 is 1.00 bits per heavy atom. The molecule has 0 fully saturated rings. The lowest BCUT2D eigenvalue weighted by atomic mass is 10.1. The summed E-state index contributed by atoms with van der Waals surface area (Å²) in [5.41, 5.74) is 2.84. The third-order valence-corrected chi connectivity index (χ3v) is 4.25. The molecule has 7 nitrogen and oxygen atoms in total. The summed E-state index contributed by atoms with van der Waals surface area (Å²) in [5, 5.41) is 2.85. The average Bonchev–Trinajstić information content (AvgIpc) is 2.68. The minimum Gasteiger partial charge on any atom is -0.493 e. The number of hydrogen-bond donors (Lipinski definition) is 1. The van der Waals surface area contributed by atoms with Gasteiger partial charge in [0.2, 0.25) is 5.91 Å². The van der Waals surface area contributed by atoms with Crippen molar-refractivity contribution >= 4 is 17.6 Å². The van der Waals surface area contributed by atoms with E-state index in [2.05, 4.69) is 5.32 Å². The third kappa shape index (κ3) is 5.47. The Kier molecular flexibility index (Phi) is 7.40. The van der Waals surface area contributed by atoms with Gasteiger partial charge < -0.3 is 19.5 Å². The zero-order chi connectivity index (χ0) is 20.7. The van der Waals surface area contributed by atoms with Crippen LogP contribution in [0.3, 0.4) is 0 Å². The number of amides is 1. The van der Waals surface area contributed by atoms with Gasteiger partial charge in [-0.25, -0.2) is 4.79 Å². The van der Waals surface area contributed by atoms with Crippen LogP contribution in [-0.4, -0.2) is 51.7 Å². The van der Waals surface area contributed by atoms with Crippen LogP contribution in [-0.2, 0) is 16.1 Å². The predicted molar refractivity (Wildman–Crippen MR) is 107 cm³/mol. The molecule has 0 heterocycles. The summed E-state index contributed by atoms with van der Waals surface area (Å²) in [4.78, 5) is 26.0. The first-order valence-electron chi connectivity index (χ1n) is 8.76. The van der Waals surface area contributed by atoms with Crippen LogP contribution in [0.1, 0.15) is 21.5 Å². The van der Waals surface area contributed by atoms with Crippen molar-refractivity contribution in [3.05, 3.63) is 53.1 Å². The zero-order valence-electron chi connectivity index (χ0n) is 16.9. The Hall–Kier alpha value is -3.06. The lowest BCUT2D eigenvalue weighted by molar-refractivity contribution is -0.117. The van der Waals surface area contributed by atoms with Crippen LogP contribution < -0.4 is 14.8 Å². The number of methoxy groups -OCH3 is 3. The van der Waals surface area contributed by atoms with E-state index in [-0.39, 0.29) is 12.5 Å². The van der Waals surface area contributed by atoms with Gasteiger partial charge >= 0.3 is 5.97 Å². The Balaban J connectivity index is 2.00. The molecule has 0 saturated heterocycles. The normalized spacial score (nSPS) is 10.5. The molecular formula is C21H26N2O5. The van der Waals surface area contributed by atoms with Gasteiger partial charge in [0.25, 0.3) is 0 Å². The fourth-order valence-corrected chi connectivity index (χ4v) is 2.78. The Morgan fingerprint density at radius 2 is 1.71 bits per heavy atom. The van der Waals surface area contributed by atoms with Gasteiger partial charge in [-0.15, -0.1) is 0 Å². The second kappa shape index (κ2) is 9.75. The number of carbonyl (C=O) groups is 2. The van der Waals surface area contributed by atoms with E-state index >= 15 is 0 Å². The van der Waals surface area contributed by atoms with Gasteiger partial charge in [0.05, 0.1) is 33.4 Å². The molecule has 0 saturated carbocycles. The number of esters is 1. The zero-order valence-corrected chi connectivity index (χ0v) is 16.9. The smallest absolute Gasteiger partial charge is 0.337 e. The minimum absolute atomic E-state index is 0.173. The van der Waals surface area contributed by atoms with Crippen molar-refractivity contribution in [3.8, 4) is 11.5 Å². The van der Waals surface area contributed by atoms with Gasteiger partial charge in [-0.1, -0.05) is 12.1 Å². The molecule has 2 aromatic rings. The van der Waals surface area contributed by atoms with Crippen LogP contribution in [0.25, 0.3) is 0 Å². The lowest BCUT2D eigenvalue weighted by Crippen LogP contribution is -2.30. The SMILES string of the molecule is COC(=O)c1ccc(C)c(NC(=O)CN(C)Cc2ccc(OC)c(OC)c2)c1. The Bertz CT molecular complexity index is 851. The standard InChI is InChI=1S/C21H26N2O5/c1-14-6-8-16(21(25)28-5)11-17(14)22-20(24)13-23(2)12-15-7-9-18(26-3)19(10-15)27-4/h6-11H,12-13H2,1-5H3,(H,22,24). The highest BCUT2D eigenvalue weighted by molar-refractivity contribution is 5.96. The summed E-state index contributed by atoms with van der Waals surface area (Å²) in [6.45, 7) is 2.62. The van der Waals surface area contributed by atoms with Crippen molar-refractivity contribution in [3.63, 3.8) is 0 Å². The maximum absolute atomic E-state index is 12.4. The Labute approximate surface area is 165 Å². The number of nitrogens with zero attached hydrogens (tertiary/aromatic N) is 1. The number of hydrogen-bond acceptors (Lipinski definition) is 6. The molecule has 0 aliphatic rings. The molecular weight excluding hydrogens is 360 g/mol. The van der Waals surface area contributed by atoms with E-state index in [4.69, 9.17) is 14.2 Å². The van der Waals surface area contributed by atoms with Crippen molar-refractivity contribution in [2.45, 2.75) is 13.5 Å². The van der Waals surface area contributed by atoms with Gasteiger partial charge in [-0.2, -0.15) is 0 Å². The first kappa shape index (κ1) is 21.2. The molecule has 2 rings (SSSR count). The molecule has 0 bridgehead atoms. The highest BCUT2D eigenvalue weighted by atomic mass is 16.5. The monoisotopic (exact) mass is 386 g/mol. The van der Waals surface area contributed by atoms with Gasteiger partial charge in [0, 0.05) is 12.2 Å². The Morgan fingerprint density at radius 3 is 2.36 bits per heavy atom. The highest BCUT2D eigenvalue weighted by Crippen LogP contribution is 2.28. The maximum atomic E-state index is 12.4. The van der Waals surface area contributed by atoms with Crippen LogP contribution >= 0.6 is 0 Å². The quantitative estimate of drug-likeness (QED) is 0.703. The average molecular weight is 386 g/mol. The number of nitrogens with one attached hydrogen (secondary N) is 1. The van der Waals surface area contributed by atoms with E-state index in [1.54, 1.807) is 32.4 Å². The molecule has 28 heavy (non-hydrogen) atoms. The van der Waals surface area contributed by atoms with Crippen molar-refractivity contribution in [2.75, 3.05) is 40.2 Å². The second-order valence-electron chi connectivity index (χ2n) is 6.43. The van der Waals surface area contributed by atoms with Gasteiger partial charge in [0.1, 0.15) is 0 Å². The van der Waals surface area contributed by atoms with Crippen LogP contribution in [0.4, 0.5) is 5.69 Å². The van der Waals surface area contributed by atoms with Crippen LogP contribution in [0.15, 0.2) is 36.4 Å². The summed E-state index contributed by atoms with van der Waals surface area (Å²) in [6.07, 6.45) is 0. The van der Waals surface area contributed by atoms with Gasteiger partial charge in [-0.3, -0.25) is 9.69 Å². The predicted octanol–water partition coefficient (Wildman–Crippen LogP) is 2.87. The number of anilines is 1. The molecule has 2 aromatic carbocycles. The molecule has 1 N–H and O–H groups in total. The molecule has 0 unspecified atom stereocenters. The lowest BCUT2D eigenvalue weighted by Gasteiger charge is -2.18. The summed E-state index contributed by atoms with van der Waals surface area (Å²) in [6, 6.07) is 10.7. The summed E-state index contributed by atoms with van der Waals surface area (Å²) < 4.78 is 15.3. The molecule has 0 aromatic heterocycles. The molecule has 0 atom stereocenters. The number of likely N-dealkylation sites (N-methyl/N-ethyl adjacent to an activating group) is 1. The molecule has 0 aliphatic heterocycles. The summed E-state index contributed by atoms with van der Waals surface area (Å²) in [7, 11) is 6.35. The van der Waals surface area contributed by atoms with Crippen LogP contribution in [0, 0.1) is 6.92 Å². The number of ether oxygens (including phenoxy) is 3. The molecule has 0 spiro atoms. The number of carbonyl (C=O) groups excluding carboxylic acids is 2. The molecule has 7 heteroatoms. The topological polar surface area (TPSA) is 77.1 Å². The molecule has 0 radical (unpaired) electrons. The van der Waals surface area contributed by atoms with Crippen molar-refractivity contribution in [2.24, 2.45) is 0 Å². The van der Waals surface area contributed by atoms with E-state index in [0.717, 1.165) is 11.1 Å². The van der Waals surface area contributed by atoms with Crippen molar-refractivity contribution < 1.29 is 23.8 Å². The summed E-state index contributed by atoms with van der Waals surface area (Å²) in [5.74, 6) is 0.690. The van der Waals surface area contributed by atoms with E-state index in [9.17, 15) is 9.59 Å². The highest BCUT2D eigenvalue weighted by Gasteiger charge is 2.13. The largest absolute Gasteiger partial charge is 0.493 e. The van der Waals surface area contributed by atoms with Crippen molar-refractivity contribution in [1.29, 1.82) is 0 Å². The van der Waals surface area contributed by atoms with Crippen LogP contribution in [0.5, 0.6) is 11.5 Å². The minimum atomic E-state index is -0.443. The number of aryl methyl sites for hydroxylation is 1. The van der Waals surface area contributed by atoms with E-state index < -0.39 is 5.97 Å². The number of rotatable bonds is 8. The second-order valence-corrected chi connectivity index (χ2v) is 6.43. The van der Waals surface area contributed by atoms with E-state index in [0.29, 0.717) is 29.3 Å². The fraction of sp³-hybridized carbons (Fsp3) is 0.333. The number of benzene rings is 2. The van der Waals surface area contributed by atoms with Crippen molar-refractivity contribution in [1.82, 2.24) is 4.90 Å². The van der Waals surface area contributed by atoms with Crippen LogP contribution in [0.2, 0.25) is 0 Å². The summed E-state index contributed by atoms with van der Waals surface area (Å²) >= 11 is 0. The first-order valence-corrected chi connectivity index (χ1v) is 8.76. The van der Waals surface area contributed by atoms with E-state index in [1.165, 1.54) is 7.11 Å². The first-order chi connectivity index (χ1) is 13.4. The van der Waals surface area contributed by atoms with E-state index in [1.807, 2.05) is 37.1 Å².